The Morgan fingerprint density at radius 2 is 2.07 bits per heavy atom. The molecule has 0 aliphatic carbocycles. The van der Waals surface area contributed by atoms with Gasteiger partial charge in [0, 0.05) is 19.6 Å². The van der Waals surface area contributed by atoms with E-state index < -0.39 is 0 Å². The molecule has 1 aromatic carbocycles. The molecule has 0 saturated carbocycles. The molecule has 9 heteroatoms. The highest BCUT2D eigenvalue weighted by Crippen LogP contribution is 2.26. The standard InChI is InChI=1S/C20H32N8O/c1-5-16(11-23-29)28(21)20-24-18(26(4)12-15-9-7-6-8-10-15)17-19(25-20)27(13-22-17)14(2)3/h6-10,14,16,19,22H,5,11-13,21H2,1-4H3,(H,24,25)/t16-,19?/m1/s1. The van der Waals surface area contributed by atoms with E-state index in [0.29, 0.717) is 18.4 Å². The Bertz CT molecular complexity index is 763. The van der Waals surface area contributed by atoms with Gasteiger partial charge >= 0.3 is 0 Å². The minimum atomic E-state index is -0.206. The molecular weight excluding hydrogens is 368 g/mol. The second-order valence-electron chi connectivity index (χ2n) is 7.79. The van der Waals surface area contributed by atoms with Crippen LogP contribution in [0.2, 0.25) is 0 Å². The van der Waals surface area contributed by atoms with Crippen molar-refractivity contribution in [3.8, 4) is 0 Å². The average Bonchev–Trinajstić information content (AvgIpc) is 3.15. The SMILES string of the molecule is CC[C@H](CN=O)N(N)C1=NC(N(C)Cc2ccccc2)=C2NCN(C(C)C)C2N1. The summed E-state index contributed by atoms with van der Waals surface area (Å²) in [7, 11) is 2.03. The quantitative estimate of drug-likeness (QED) is 0.346. The molecule has 4 N–H and O–H groups in total. The summed E-state index contributed by atoms with van der Waals surface area (Å²) in [4.78, 5) is 20.1. The lowest BCUT2D eigenvalue weighted by atomic mass is 10.2. The van der Waals surface area contributed by atoms with Gasteiger partial charge in [-0.2, -0.15) is 9.90 Å². The average molecular weight is 401 g/mol. The van der Waals surface area contributed by atoms with Gasteiger partial charge in [-0.3, -0.25) is 9.91 Å². The number of hydrogen-bond acceptors (Lipinski definition) is 9. The second kappa shape index (κ2) is 9.23. The lowest BCUT2D eigenvalue weighted by molar-refractivity contribution is 0.189. The van der Waals surface area contributed by atoms with Gasteiger partial charge in [0.25, 0.3) is 0 Å². The Hall–Kier alpha value is -2.65. The number of nitrogens with one attached hydrogen (secondary N) is 2. The van der Waals surface area contributed by atoms with Crippen molar-refractivity contribution in [1.82, 2.24) is 25.4 Å². The molecule has 0 radical (unpaired) electrons. The number of hydrogen-bond donors (Lipinski definition) is 3. The first-order chi connectivity index (χ1) is 14.0. The minimum Gasteiger partial charge on any atom is -0.370 e. The number of fused-ring (bicyclic) bond motifs is 1. The van der Waals surface area contributed by atoms with Gasteiger partial charge in [0.05, 0.1) is 18.4 Å². The topological polar surface area (TPSA) is 102 Å². The van der Waals surface area contributed by atoms with Crippen molar-refractivity contribution in [1.29, 1.82) is 0 Å². The van der Waals surface area contributed by atoms with Crippen molar-refractivity contribution in [3.05, 3.63) is 52.3 Å². The van der Waals surface area contributed by atoms with Crippen molar-refractivity contribution in [2.75, 3.05) is 20.3 Å². The molecule has 0 aromatic heterocycles. The van der Waals surface area contributed by atoms with Crippen LogP contribution in [0.25, 0.3) is 0 Å². The first-order valence-electron chi connectivity index (χ1n) is 10.1. The number of aliphatic imine (C=N–C) groups is 1. The highest BCUT2D eigenvalue weighted by atomic mass is 16.3. The number of guanidine groups is 1. The van der Waals surface area contributed by atoms with E-state index in [-0.39, 0.29) is 18.8 Å². The zero-order chi connectivity index (χ0) is 21.0. The molecule has 2 aliphatic heterocycles. The molecule has 2 heterocycles. The van der Waals surface area contributed by atoms with Gasteiger partial charge in [0.2, 0.25) is 5.96 Å². The number of hydrazine groups is 1. The Morgan fingerprint density at radius 3 is 2.69 bits per heavy atom. The van der Waals surface area contributed by atoms with E-state index in [0.717, 1.165) is 24.7 Å². The number of nitrogens with two attached hydrogens (primary N) is 1. The summed E-state index contributed by atoms with van der Waals surface area (Å²) < 4.78 is 0. The molecule has 29 heavy (non-hydrogen) atoms. The lowest BCUT2D eigenvalue weighted by Crippen LogP contribution is -2.59. The third-order valence-electron chi connectivity index (χ3n) is 5.46. The van der Waals surface area contributed by atoms with Crippen LogP contribution < -0.4 is 16.5 Å². The van der Waals surface area contributed by atoms with Gasteiger partial charge in [0.15, 0.2) is 5.82 Å². The summed E-state index contributed by atoms with van der Waals surface area (Å²) in [6.45, 7) is 7.89. The maximum atomic E-state index is 10.8. The fourth-order valence-corrected chi connectivity index (χ4v) is 3.71. The maximum Gasteiger partial charge on any atom is 0.217 e. The molecule has 1 unspecified atom stereocenters. The van der Waals surface area contributed by atoms with E-state index >= 15 is 0 Å². The molecule has 0 bridgehead atoms. The smallest absolute Gasteiger partial charge is 0.217 e. The lowest BCUT2D eigenvalue weighted by Gasteiger charge is -2.37. The van der Waals surface area contributed by atoms with Gasteiger partial charge in [-0.1, -0.05) is 42.4 Å². The minimum absolute atomic E-state index is 0.0523. The number of nitrogens with zero attached hydrogens (tertiary/aromatic N) is 5. The molecule has 3 rings (SSSR count). The Labute approximate surface area is 172 Å². The Morgan fingerprint density at radius 1 is 1.34 bits per heavy atom. The zero-order valence-electron chi connectivity index (χ0n) is 17.7. The highest BCUT2D eigenvalue weighted by Gasteiger charge is 2.39. The van der Waals surface area contributed by atoms with Crippen LogP contribution in [0.15, 0.2) is 52.0 Å². The third kappa shape index (κ3) is 4.51. The van der Waals surface area contributed by atoms with E-state index in [1.165, 1.54) is 5.56 Å². The fraction of sp³-hybridized carbons (Fsp3) is 0.550. The van der Waals surface area contributed by atoms with E-state index in [9.17, 15) is 4.91 Å². The van der Waals surface area contributed by atoms with Crippen molar-refractivity contribution in [3.63, 3.8) is 0 Å². The highest BCUT2D eigenvalue weighted by molar-refractivity contribution is 5.82. The summed E-state index contributed by atoms with van der Waals surface area (Å²) in [5, 5.41) is 11.5. The van der Waals surface area contributed by atoms with Crippen LogP contribution in [0, 0.1) is 4.91 Å². The monoisotopic (exact) mass is 400 g/mol. The van der Waals surface area contributed by atoms with E-state index in [4.69, 9.17) is 10.8 Å². The first-order valence-corrected chi connectivity index (χ1v) is 10.1. The zero-order valence-corrected chi connectivity index (χ0v) is 17.7. The molecular formula is C20H32N8O. The predicted molar refractivity (Wildman–Crippen MR) is 115 cm³/mol. The molecule has 1 aromatic rings. The molecule has 9 nitrogen and oxygen atoms in total. The molecule has 2 atom stereocenters. The summed E-state index contributed by atoms with van der Waals surface area (Å²) in [6.07, 6.45) is 0.648. The fourth-order valence-electron chi connectivity index (χ4n) is 3.71. The van der Waals surface area contributed by atoms with Gasteiger partial charge in [-0.25, -0.2) is 5.84 Å². The van der Waals surface area contributed by atoms with Crippen LogP contribution in [0.4, 0.5) is 0 Å². The van der Waals surface area contributed by atoms with Crippen LogP contribution in [-0.4, -0.2) is 59.3 Å². The van der Waals surface area contributed by atoms with Crippen LogP contribution in [0.5, 0.6) is 0 Å². The summed E-state index contributed by atoms with van der Waals surface area (Å²) in [5.74, 6) is 7.77. The van der Waals surface area contributed by atoms with Crippen molar-refractivity contribution >= 4 is 5.96 Å². The summed E-state index contributed by atoms with van der Waals surface area (Å²) in [5.41, 5.74) is 2.24. The van der Waals surface area contributed by atoms with Crippen LogP contribution in [-0.2, 0) is 6.54 Å². The van der Waals surface area contributed by atoms with Gasteiger partial charge < -0.3 is 15.5 Å². The number of rotatable bonds is 8. The van der Waals surface area contributed by atoms with E-state index in [1.807, 2.05) is 32.2 Å². The summed E-state index contributed by atoms with van der Waals surface area (Å²) in [6, 6.07) is 10.4. The van der Waals surface area contributed by atoms with Crippen molar-refractivity contribution in [2.45, 2.75) is 52.0 Å². The van der Waals surface area contributed by atoms with Gasteiger partial charge in [-0.05, 0) is 25.8 Å². The van der Waals surface area contributed by atoms with Crippen molar-refractivity contribution in [2.24, 2.45) is 16.0 Å². The molecule has 0 amide bonds. The van der Waals surface area contributed by atoms with E-state index in [1.54, 1.807) is 5.01 Å². The summed E-state index contributed by atoms with van der Waals surface area (Å²) >= 11 is 0. The molecule has 0 spiro atoms. The van der Waals surface area contributed by atoms with Crippen molar-refractivity contribution < 1.29 is 0 Å². The second-order valence-corrected chi connectivity index (χ2v) is 7.79. The van der Waals surface area contributed by atoms with Gasteiger partial charge in [-0.15, -0.1) is 0 Å². The predicted octanol–water partition coefficient (Wildman–Crippen LogP) is 1.56. The van der Waals surface area contributed by atoms with Crippen LogP contribution >= 0.6 is 0 Å². The maximum absolute atomic E-state index is 10.8. The Balaban J connectivity index is 1.93. The van der Waals surface area contributed by atoms with Crippen LogP contribution in [0.3, 0.4) is 0 Å². The molecule has 1 fully saturated rings. The van der Waals surface area contributed by atoms with Crippen LogP contribution in [0.1, 0.15) is 32.8 Å². The normalized spacial score (nSPS) is 19.9. The third-order valence-corrected chi connectivity index (χ3v) is 5.46. The molecule has 1 saturated heterocycles. The van der Waals surface area contributed by atoms with Gasteiger partial charge in [0.1, 0.15) is 12.7 Å². The Kier molecular flexibility index (Phi) is 6.71. The first kappa shape index (κ1) is 21.1. The number of benzene rings is 1. The largest absolute Gasteiger partial charge is 0.370 e. The molecule has 158 valence electrons. The molecule has 2 aliphatic rings. The number of nitroso groups, excluding NO2 is 1. The van der Waals surface area contributed by atoms with E-state index in [2.05, 4.69) is 51.6 Å².